The number of carboxylic acids is 1. The number of hydrogen-bond acceptors (Lipinski definition) is 5. The van der Waals surface area contributed by atoms with E-state index in [-0.39, 0.29) is 6.54 Å². The number of aliphatic carboxylic acids is 1. The zero-order chi connectivity index (χ0) is 15.2. The Morgan fingerprint density at radius 3 is 2.33 bits per heavy atom. The molecule has 6 nitrogen and oxygen atoms in total. The second-order valence-electron chi connectivity index (χ2n) is 5.08. The lowest BCUT2D eigenvalue weighted by atomic mass is 10.2. The number of methoxy groups -OCH3 is 2. The molecule has 0 amide bonds. The molecule has 0 atom stereocenters. The molecule has 0 bridgehead atoms. The molecule has 1 aliphatic heterocycles. The van der Waals surface area contributed by atoms with Crippen LogP contribution in [0.5, 0.6) is 11.5 Å². The Bertz CT molecular complexity index is 470. The summed E-state index contributed by atoms with van der Waals surface area (Å²) in [5.74, 6) is 0.749. The second-order valence-corrected chi connectivity index (χ2v) is 5.08. The molecular formula is C15H22N2O4. The minimum absolute atomic E-state index is 0.106. The van der Waals surface area contributed by atoms with Crippen molar-refractivity contribution in [3.8, 4) is 11.5 Å². The van der Waals surface area contributed by atoms with Gasteiger partial charge in [0, 0.05) is 50.1 Å². The third kappa shape index (κ3) is 4.26. The molecule has 1 aliphatic rings. The molecule has 0 aromatic heterocycles. The Labute approximate surface area is 124 Å². The second kappa shape index (κ2) is 7.17. The number of ether oxygens (including phenoxy) is 2. The number of carboxylic acid groups (broad SMARTS) is 1. The Kier molecular flexibility index (Phi) is 5.27. The van der Waals surface area contributed by atoms with Gasteiger partial charge >= 0.3 is 5.97 Å². The van der Waals surface area contributed by atoms with Crippen LogP contribution < -0.4 is 14.4 Å². The van der Waals surface area contributed by atoms with Gasteiger partial charge in [-0.05, 0) is 6.42 Å². The topological polar surface area (TPSA) is 62.2 Å². The summed E-state index contributed by atoms with van der Waals surface area (Å²) in [6.07, 6.45) is 0.937. The number of nitrogens with zero attached hydrogens (tertiary/aromatic N) is 2. The van der Waals surface area contributed by atoms with Gasteiger partial charge in [0.25, 0.3) is 0 Å². The highest BCUT2D eigenvalue weighted by Gasteiger charge is 2.18. The van der Waals surface area contributed by atoms with E-state index in [1.807, 2.05) is 23.1 Å². The van der Waals surface area contributed by atoms with E-state index >= 15 is 0 Å². The van der Waals surface area contributed by atoms with Crippen molar-refractivity contribution in [2.75, 3.05) is 51.8 Å². The van der Waals surface area contributed by atoms with E-state index < -0.39 is 5.97 Å². The van der Waals surface area contributed by atoms with Gasteiger partial charge in [-0.1, -0.05) is 0 Å². The average Bonchev–Trinajstić information content (AvgIpc) is 2.71. The average molecular weight is 294 g/mol. The molecule has 116 valence electrons. The molecule has 1 saturated heterocycles. The molecule has 1 fully saturated rings. The maximum Gasteiger partial charge on any atom is 0.317 e. The molecule has 1 heterocycles. The van der Waals surface area contributed by atoms with Gasteiger partial charge in [-0.15, -0.1) is 0 Å². The normalized spacial score (nSPS) is 16.4. The predicted octanol–water partition coefficient (Wildman–Crippen LogP) is 1.30. The van der Waals surface area contributed by atoms with Crippen LogP contribution in [0.25, 0.3) is 0 Å². The SMILES string of the molecule is COc1cc(OC)cc(N2CCCN(CC(=O)O)CC2)c1. The molecule has 0 radical (unpaired) electrons. The lowest BCUT2D eigenvalue weighted by molar-refractivity contribution is -0.138. The number of carbonyl (C=O) groups is 1. The molecule has 0 spiro atoms. The van der Waals surface area contributed by atoms with E-state index in [1.54, 1.807) is 14.2 Å². The minimum Gasteiger partial charge on any atom is -0.497 e. The fourth-order valence-corrected chi connectivity index (χ4v) is 2.55. The molecule has 0 aliphatic carbocycles. The maximum atomic E-state index is 10.8. The predicted molar refractivity (Wildman–Crippen MR) is 80.5 cm³/mol. The van der Waals surface area contributed by atoms with Crippen molar-refractivity contribution >= 4 is 11.7 Å². The van der Waals surface area contributed by atoms with E-state index in [9.17, 15) is 4.79 Å². The van der Waals surface area contributed by atoms with Crippen molar-refractivity contribution in [1.29, 1.82) is 0 Å². The van der Waals surface area contributed by atoms with Gasteiger partial charge in [-0.3, -0.25) is 9.69 Å². The number of anilines is 1. The Balaban J connectivity index is 2.09. The van der Waals surface area contributed by atoms with Gasteiger partial charge in [-0.2, -0.15) is 0 Å². The van der Waals surface area contributed by atoms with Gasteiger partial charge in [-0.25, -0.2) is 0 Å². The van der Waals surface area contributed by atoms with E-state index in [0.29, 0.717) is 0 Å². The highest BCUT2D eigenvalue weighted by molar-refractivity contribution is 5.69. The van der Waals surface area contributed by atoms with Crippen LogP contribution in [0.3, 0.4) is 0 Å². The Morgan fingerprint density at radius 2 is 1.76 bits per heavy atom. The number of hydrogen-bond donors (Lipinski definition) is 1. The molecule has 1 N–H and O–H groups in total. The van der Waals surface area contributed by atoms with E-state index in [2.05, 4.69) is 4.90 Å². The number of benzene rings is 1. The first-order chi connectivity index (χ1) is 10.1. The molecule has 1 aromatic rings. The fraction of sp³-hybridized carbons (Fsp3) is 0.533. The van der Waals surface area contributed by atoms with E-state index in [4.69, 9.17) is 14.6 Å². The summed E-state index contributed by atoms with van der Waals surface area (Å²) in [5.41, 5.74) is 1.04. The Morgan fingerprint density at radius 1 is 1.10 bits per heavy atom. The highest BCUT2D eigenvalue weighted by Crippen LogP contribution is 2.29. The summed E-state index contributed by atoms with van der Waals surface area (Å²) in [5, 5.41) is 8.89. The molecule has 0 saturated carbocycles. The van der Waals surface area contributed by atoms with Gasteiger partial charge in [0.2, 0.25) is 0 Å². The van der Waals surface area contributed by atoms with Crippen molar-refractivity contribution < 1.29 is 19.4 Å². The van der Waals surface area contributed by atoms with Crippen molar-refractivity contribution in [1.82, 2.24) is 4.90 Å². The molecule has 0 unspecified atom stereocenters. The van der Waals surface area contributed by atoms with Crippen LogP contribution in [0, 0.1) is 0 Å². The van der Waals surface area contributed by atoms with Crippen LogP contribution in [0.15, 0.2) is 18.2 Å². The van der Waals surface area contributed by atoms with Crippen LogP contribution >= 0.6 is 0 Å². The zero-order valence-electron chi connectivity index (χ0n) is 12.5. The van der Waals surface area contributed by atoms with Crippen LogP contribution in [0.4, 0.5) is 5.69 Å². The summed E-state index contributed by atoms with van der Waals surface area (Å²) in [4.78, 5) is 15.0. The fourth-order valence-electron chi connectivity index (χ4n) is 2.55. The highest BCUT2D eigenvalue weighted by atomic mass is 16.5. The van der Waals surface area contributed by atoms with Crippen LogP contribution in [0.1, 0.15) is 6.42 Å². The van der Waals surface area contributed by atoms with Crippen molar-refractivity contribution in [3.63, 3.8) is 0 Å². The van der Waals surface area contributed by atoms with Gasteiger partial charge in [0.1, 0.15) is 11.5 Å². The monoisotopic (exact) mass is 294 g/mol. The van der Waals surface area contributed by atoms with Gasteiger partial charge in [0.05, 0.1) is 20.8 Å². The number of rotatable bonds is 5. The first kappa shape index (κ1) is 15.4. The maximum absolute atomic E-state index is 10.8. The molecule has 2 rings (SSSR count). The Hall–Kier alpha value is -1.95. The molecule has 6 heteroatoms. The lowest BCUT2D eigenvalue weighted by Crippen LogP contribution is -2.34. The molecule has 21 heavy (non-hydrogen) atoms. The van der Waals surface area contributed by atoms with Crippen molar-refractivity contribution in [3.05, 3.63) is 18.2 Å². The standard InChI is InChI=1S/C15H22N2O4/c1-20-13-8-12(9-14(10-13)21-2)17-5-3-4-16(6-7-17)11-15(18)19/h8-10H,3-7,11H2,1-2H3,(H,18,19). The quantitative estimate of drug-likeness (QED) is 0.883. The van der Waals surface area contributed by atoms with Crippen LogP contribution in [0.2, 0.25) is 0 Å². The van der Waals surface area contributed by atoms with Crippen LogP contribution in [-0.4, -0.2) is 62.9 Å². The van der Waals surface area contributed by atoms with Crippen LogP contribution in [-0.2, 0) is 4.79 Å². The van der Waals surface area contributed by atoms with Crippen molar-refractivity contribution in [2.24, 2.45) is 0 Å². The lowest BCUT2D eigenvalue weighted by Gasteiger charge is -2.24. The van der Waals surface area contributed by atoms with Gasteiger partial charge < -0.3 is 19.5 Å². The molecule has 1 aromatic carbocycles. The third-order valence-electron chi connectivity index (χ3n) is 3.65. The summed E-state index contributed by atoms with van der Waals surface area (Å²) in [7, 11) is 3.27. The molecular weight excluding hydrogens is 272 g/mol. The summed E-state index contributed by atoms with van der Waals surface area (Å²) < 4.78 is 10.6. The summed E-state index contributed by atoms with van der Waals surface area (Å²) in [6.45, 7) is 3.35. The minimum atomic E-state index is -0.772. The largest absolute Gasteiger partial charge is 0.497 e. The van der Waals surface area contributed by atoms with Gasteiger partial charge in [0.15, 0.2) is 0 Å². The van der Waals surface area contributed by atoms with E-state index in [0.717, 1.165) is 49.8 Å². The first-order valence-electron chi connectivity index (χ1n) is 7.04. The summed E-state index contributed by atoms with van der Waals surface area (Å²) >= 11 is 0. The first-order valence-corrected chi connectivity index (χ1v) is 7.04. The van der Waals surface area contributed by atoms with Crippen molar-refractivity contribution in [2.45, 2.75) is 6.42 Å². The smallest absolute Gasteiger partial charge is 0.317 e. The third-order valence-corrected chi connectivity index (χ3v) is 3.65. The van der Waals surface area contributed by atoms with E-state index in [1.165, 1.54) is 0 Å². The summed E-state index contributed by atoms with van der Waals surface area (Å²) in [6, 6.07) is 5.81. The zero-order valence-corrected chi connectivity index (χ0v) is 12.5.